The second-order valence-electron chi connectivity index (χ2n) is 10.6. The van der Waals surface area contributed by atoms with Gasteiger partial charge in [-0.2, -0.15) is 13.8 Å². The molecule has 3 heterocycles. The first-order valence-electron chi connectivity index (χ1n) is 14.5. The Morgan fingerprint density at radius 3 is 2.35 bits per heavy atom. The van der Waals surface area contributed by atoms with Gasteiger partial charge in [0.25, 0.3) is 5.91 Å². The predicted octanol–water partition coefficient (Wildman–Crippen LogP) is 4.80. The number of aromatic nitrogens is 4. The zero-order chi connectivity index (χ0) is 35.1. The number of methoxy groups -OCH3 is 2. The summed E-state index contributed by atoms with van der Waals surface area (Å²) in [4.78, 5) is 25.8. The summed E-state index contributed by atoms with van der Waals surface area (Å²) in [6.45, 7) is 1.49. The van der Waals surface area contributed by atoms with Gasteiger partial charge < -0.3 is 24.1 Å². The van der Waals surface area contributed by atoms with Gasteiger partial charge in [0.1, 0.15) is 11.4 Å². The van der Waals surface area contributed by atoms with Crippen LogP contribution in [-0.4, -0.2) is 63.8 Å². The molecule has 0 fully saturated rings. The number of aromatic amines is 1. The molecule has 0 bridgehead atoms. The van der Waals surface area contributed by atoms with Crippen LogP contribution < -0.4 is 30.8 Å². The second kappa shape index (κ2) is 18.5. The SMILES string of the molecule is CNC(C)(C)Cc1ccccc1.COc1ccnc(C[S+]([O-])c2nc3cc(OC(F)F)ccc3[nH]2)c1OC.NNC(=O)c1ccncc1. The lowest BCUT2D eigenvalue weighted by Crippen LogP contribution is -2.38. The molecule has 1 atom stereocenters. The van der Waals surface area contributed by atoms with Gasteiger partial charge in [-0.3, -0.25) is 25.2 Å². The van der Waals surface area contributed by atoms with Crippen LogP contribution in [0.25, 0.3) is 11.0 Å². The van der Waals surface area contributed by atoms with Gasteiger partial charge in [-0.25, -0.2) is 5.84 Å². The molecule has 0 saturated heterocycles. The molecule has 5 aromatic rings. The molecule has 0 spiro atoms. The summed E-state index contributed by atoms with van der Waals surface area (Å²) in [5.41, 5.74) is 5.49. The predicted molar refractivity (Wildman–Crippen MR) is 179 cm³/mol. The van der Waals surface area contributed by atoms with Crippen molar-refractivity contribution >= 4 is 28.1 Å². The van der Waals surface area contributed by atoms with Crippen molar-refractivity contribution in [1.82, 2.24) is 30.7 Å². The average molecular weight is 684 g/mol. The van der Waals surface area contributed by atoms with Crippen LogP contribution in [0.1, 0.15) is 35.5 Å². The maximum atomic E-state index is 12.6. The molecule has 2 aromatic carbocycles. The van der Waals surface area contributed by atoms with E-state index in [0.29, 0.717) is 33.8 Å². The minimum atomic E-state index is -2.92. The molecule has 5 rings (SSSR count). The van der Waals surface area contributed by atoms with Crippen LogP contribution in [0.15, 0.2) is 90.5 Å². The first kappa shape index (κ1) is 37.6. The van der Waals surface area contributed by atoms with Crippen molar-refractivity contribution in [2.24, 2.45) is 5.84 Å². The quantitative estimate of drug-likeness (QED) is 0.0656. The normalized spacial score (nSPS) is 11.5. The van der Waals surface area contributed by atoms with E-state index in [1.165, 1.54) is 56.6 Å². The Labute approximate surface area is 280 Å². The van der Waals surface area contributed by atoms with E-state index in [4.69, 9.17) is 15.3 Å². The average Bonchev–Trinajstić information content (AvgIpc) is 3.52. The van der Waals surface area contributed by atoms with Gasteiger partial charge in [0.05, 0.1) is 25.3 Å². The Morgan fingerprint density at radius 2 is 1.75 bits per heavy atom. The Morgan fingerprint density at radius 1 is 1.04 bits per heavy atom. The van der Waals surface area contributed by atoms with Crippen molar-refractivity contribution in [2.75, 3.05) is 21.3 Å². The highest BCUT2D eigenvalue weighted by Crippen LogP contribution is 2.31. The summed E-state index contributed by atoms with van der Waals surface area (Å²) in [5.74, 6) is 5.48. The van der Waals surface area contributed by atoms with Gasteiger partial charge in [0.15, 0.2) is 17.3 Å². The molecule has 0 saturated carbocycles. The molecule has 3 aromatic heterocycles. The highest BCUT2D eigenvalue weighted by molar-refractivity contribution is 7.90. The monoisotopic (exact) mass is 683 g/mol. The van der Waals surface area contributed by atoms with E-state index in [0.717, 1.165) is 6.42 Å². The number of nitrogens with one attached hydrogen (secondary N) is 3. The summed E-state index contributed by atoms with van der Waals surface area (Å²) in [6.07, 6.45) is 5.67. The topological polar surface area (TPSA) is 172 Å². The number of ether oxygens (including phenoxy) is 3. The molecule has 0 aliphatic carbocycles. The number of benzene rings is 2. The van der Waals surface area contributed by atoms with Crippen LogP contribution in [0.2, 0.25) is 0 Å². The molecular weight excluding hydrogens is 644 g/mol. The van der Waals surface area contributed by atoms with Gasteiger partial charge in [-0.1, -0.05) is 30.3 Å². The molecule has 0 aliphatic rings. The largest absolute Gasteiger partial charge is 0.609 e. The minimum absolute atomic E-state index is 0.0209. The van der Waals surface area contributed by atoms with Gasteiger partial charge in [-0.05, 0) is 57.1 Å². The van der Waals surface area contributed by atoms with Crippen molar-refractivity contribution in [3.63, 3.8) is 0 Å². The van der Waals surface area contributed by atoms with Gasteiger partial charge in [0, 0.05) is 53.0 Å². The van der Waals surface area contributed by atoms with Crippen molar-refractivity contribution in [3.05, 3.63) is 102 Å². The number of hydrazine groups is 1. The number of carbonyl (C=O) groups is 1. The van der Waals surface area contributed by atoms with E-state index in [2.05, 4.69) is 74.2 Å². The molecule has 0 radical (unpaired) electrons. The number of halogens is 2. The Hall–Kier alpha value is -4.83. The highest BCUT2D eigenvalue weighted by atomic mass is 32.2. The van der Waals surface area contributed by atoms with Crippen LogP contribution in [0, 0.1) is 0 Å². The number of carbonyl (C=O) groups excluding carboxylic acids is 1. The van der Waals surface area contributed by atoms with E-state index >= 15 is 0 Å². The molecule has 1 unspecified atom stereocenters. The minimum Gasteiger partial charge on any atom is -0.609 e. The number of hydrogen-bond donors (Lipinski definition) is 4. The fraction of sp³-hybridized carbons (Fsp3) is 0.273. The third-order valence-corrected chi connectivity index (χ3v) is 7.91. The van der Waals surface area contributed by atoms with E-state index in [1.54, 1.807) is 18.2 Å². The molecular formula is C33H39F2N7O5S. The maximum Gasteiger partial charge on any atom is 0.387 e. The number of imidazole rings is 1. The lowest BCUT2D eigenvalue weighted by molar-refractivity contribution is -0.0497. The summed E-state index contributed by atoms with van der Waals surface area (Å²) in [6, 6.07) is 19.6. The molecule has 256 valence electrons. The second-order valence-corrected chi connectivity index (χ2v) is 12.0. The Kier molecular flexibility index (Phi) is 14.5. The highest BCUT2D eigenvalue weighted by Gasteiger charge is 2.22. The van der Waals surface area contributed by atoms with Gasteiger partial charge >= 0.3 is 11.8 Å². The smallest absolute Gasteiger partial charge is 0.387 e. The number of nitrogens with zero attached hydrogens (tertiary/aromatic N) is 3. The summed E-state index contributed by atoms with van der Waals surface area (Å²) in [7, 11) is 4.97. The molecule has 48 heavy (non-hydrogen) atoms. The van der Waals surface area contributed by atoms with Crippen LogP contribution in [0.5, 0.6) is 17.2 Å². The van der Waals surface area contributed by atoms with Gasteiger partial charge in [0.2, 0.25) is 0 Å². The third-order valence-electron chi connectivity index (χ3n) is 6.75. The number of H-pyrrole nitrogens is 1. The van der Waals surface area contributed by atoms with Crippen LogP contribution >= 0.6 is 0 Å². The number of rotatable bonds is 11. The van der Waals surface area contributed by atoms with Crippen molar-refractivity contribution in [1.29, 1.82) is 0 Å². The van der Waals surface area contributed by atoms with Crippen molar-refractivity contribution in [2.45, 2.75) is 43.3 Å². The van der Waals surface area contributed by atoms with Crippen molar-refractivity contribution < 1.29 is 32.3 Å². The molecule has 1 amide bonds. The molecule has 0 aliphatic heterocycles. The van der Waals surface area contributed by atoms with E-state index < -0.39 is 17.8 Å². The van der Waals surface area contributed by atoms with Crippen LogP contribution in [0.3, 0.4) is 0 Å². The van der Waals surface area contributed by atoms with Crippen molar-refractivity contribution in [3.8, 4) is 17.2 Å². The van der Waals surface area contributed by atoms with Crippen LogP contribution in [0.4, 0.5) is 8.78 Å². The van der Waals surface area contributed by atoms with E-state index in [9.17, 15) is 18.1 Å². The maximum absolute atomic E-state index is 12.6. The lowest BCUT2D eigenvalue weighted by atomic mass is 9.95. The summed E-state index contributed by atoms with van der Waals surface area (Å²) in [5, 5.41) is 3.49. The van der Waals surface area contributed by atoms with E-state index in [-0.39, 0.29) is 28.1 Å². The number of nitrogen functional groups attached to an aromatic ring is 1. The lowest BCUT2D eigenvalue weighted by Gasteiger charge is -2.23. The van der Waals surface area contributed by atoms with Gasteiger partial charge in [-0.15, -0.1) is 0 Å². The number of likely N-dealkylation sites (N-methyl/N-ethyl adjacent to an activating group) is 1. The molecule has 15 heteroatoms. The first-order valence-corrected chi connectivity index (χ1v) is 15.8. The number of alkyl halides is 2. The zero-order valence-corrected chi connectivity index (χ0v) is 28.0. The Bertz CT molecular complexity index is 1710. The first-order chi connectivity index (χ1) is 23.0. The number of fused-ring (bicyclic) bond motifs is 1. The number of nitrogens with two attached hydrogens (primary N) is 1. The zero-order valence-electron chi connectivity index (χ0n) is 27.2. The number of hydrogen-bond acceptors (Lipinski definition) is 10. The molecule has 5 N–H and O–H groups in total. The standard InChI is InChI=1S/C16H15F2N3O4S.C11H17N.C6H7N3O/c1-23-13-5-6-19-12(14(13)24-2)8-26(22)16-20-10-4-3-9(25-15(17)18)7-11(10)21-16;1-11(2,12-3)9-10-7-5-4-6-8-10;7-9-6(10)5-1-3-8-4-2-5/h3-7,15H,8H2,1-2H3,(H,20,21);4-8,12H,9H2,1-3H3;1-4H,7H2,(H,9,10). The van der Waals surface area contributed by atoms with E-state index in [1.807, 2.05) is 12.5 Å². The van der Waals surface area contributed by atoms with Crippen LogP contribution in [-0.2, 0) is 23.3 Å². The summed E-state index contributed by atoms with van der Waals surface area (Å²) < 4.78 is 52.1. The third kappa shape index (κ3) is 11.5. The Balaban J connectivity index is 0.000000234. The summed E-state index contributed by atoms with van der Waals surface area (Å²) >= 11 is -1.56. The molecule has 12 nitrogen and oxygen atoms in total. The fourth-order valence-electron chi connectivity index (χ4n) is 4.17. The number of pyridine rings is 2. The fourth-order valence-corrected chi connectivity index (χ4v) is 5.19. The number of amides is 1.